The molecule has 158 valence electrons. The molecule has 0 aliphatic carbocycles. The molecule has 3 rings (SSSR count). The largest absolute Gasteiger partial charge is 0.406 e. The molecule has 7 nitrogen and oxygen atoms in total. The molecule has 0 spiro atoms. The fourth-order valence-corrected chi connectivity index (χ4v) is 3.59. The zero-order valence-electron chi connectivity index (χ0n) is 15.8. The van der Waals surface area contributed by atoms with Crippen LogP contribution in [0.5, 0.6) is 0 Å². The van der Waals surface area contributed by atoms with Gasteiger partial charge in [0, 0.05) is 44.8 Å². The summed E-state index contributed by atoms with van der Waals surface area (Å²) >= 11 is 0. The number of piperazine rings is 1. The summed E-state index contributed by atoms with van der Waals surface area (Å²) in [5.74, 6) is -2.39. The molecular weight excluding hydrogens is 389 g/mol. The van der Waals surface area contributed by atoms with Gasteiger partial charge < -0.3 is 20.0 Å². The van der Waals surface area contributed by atoms with E-state index >= 15 is 0 Å². The molecule has 29 heavy (non-hydrogen) atoms. The molecule has 0 radical (unpaired) electrons. The van der Waals surface area contributed by atoms with Gasteiger partial charge >= 0.3 is 6.18 Å². The molecule has 0 bridgehead atoms. The number of carbonyl (C=O) groups is 3. The normalized spacial score (nSPS) is 20.2. The van der Waals surface area contributed by atoms with Crippen molar-refractivity contribution in [2.24, 2.45) is 5.92 Å². The molecule has 1 unspecified atom stereocenters. The molecule has 3 amide bonds. The number of alkyl halides is 3. The van der Waals surface area contributed by atoms with Crippen molar-refractivity contribution in [2.75, 3.05) is 50.7 Å². The summed E-state index contributed by atoms with van der Waals surface area (Å²) in [6, 6.07) is 9.84. The Morgan fingerprint density at radius 2 is 1.72 bits per heavy atom. The Hall–Kier alpha value is -2.78. The van der Waals surface area contributed by atoms with Crippen molar-refractivity contribution in [1.82, 2.24) is 15.1 Å². The predicted molar refractivity (Wildman–Crippen MR) is 99.0 cm³/mol. The maximum absolute atomic E-state index is 12.5. The molecule has 0 aromatic heterocycles. The van der Waals surface area contributed by atoms with Gasteiger partial charge in [0.1, 0.15) is 6.54 Å². The van der Waals surface area contributed by atoms with Crippen molar-refractivity contribution >= 4 is 23.4 Å². The lowest BCUT2D eigenvalue weighted by molar-refractivity contribution is -0.157. The Morgan fingerprint density at radius 3 is 2.34 bits per heavy atom. The Kier molecular flexibility index (Phi) is 6.29. The Balaban J connectivity index is 1.42. The second kappa shape index (κ2) is 8.71. The molecule has 2 aliphatic heterocycles. The minimum Gasteiger partial charge on any atom is -0.368 e. The van der Waals surface area contributed by atoms with E-state index in [0.717, 1.165) is 5.69 Å². The summed E-state index contributed by atoms with van der Waals surface area (Å²) in [4.78, 5) is 40.6. The van der Waals surface area contributed by atoms with Gasteiger partial charge in [0.15, 0.2) is 0 Å². The van der Waals surface area contributed by atoms with Gasteiger partial charge in [-0.3, -0.25) is 14.4 Å². The summed E-state index contributed by atoms with van der Waals surface area (Å²) in [6.45, 7) is 0.513. The van der Waals surface area contributed by atoms with Crippen molar-refractivity contribution in [2.45, 2.75) is 12.6 Å². The summed E-state index contributed by atoms with van der Waals surface area (Å²) in [6.07, 6.45) is -4.77. The predicted octanol–water partition coefficient (Wildman–Crippen LogP) is 0.862. The minimum absolute atomic E-state index is 0.228. The van der Waals surface area contributed by atoms with Crippen molar-refractivity contribution in [1.29, 1.82) is 0 Å². The van der Waals surface area contributed by atoms with Crippen molar-refractivity contribution < 1.29 is 27.6 Å². The zero-order valence-corrected chi connectivity index (χ0v) is 15.8. The Labute approximate surface area is 166 Å². The number of nitrogens with one attached hydrogen (secondary N) is 1. The highest BCUT2D eigenvalue weighted by molar-refractivity contribution is 5.91. The van der Waals surface area contributed by atoms with Gasteiger partial charge in [0.2, 0.25) is 17.7 Å². The molecule has 2 saturated heterocycles. The second-order valence-corrected chi connectivity index (χ2v) is 7.21. The molecule has 10 heteroatoms. The third-order valence-corrected chi connectivity index (χ3v) is 5.12. The number of anilines is 1. The van der Waals surface area contributed by atoms with Crippen LogP contribution < -0.4 is 10.2 Å². The Bertz CT molecular complexity index is 749. The van der Waals surface area contributed by atoms with Gasteiger partial charge in [-0.2, -0.15) is 13.2 Å². The van der Waals surface area contributed by atoms with E-state index in [2.05, 4.69) is 10.2 Å². The van der Waals surface area contributed by atoms with Crippen molar-refractivity contribution in [3.8, 4) is 0 Å². The topological polar surface area (TPSA) is 73.0 Å². The molecule has 1 N–H and O–H groups in total. The maximum atomic E-state index is 12.5. The highest BCUT2D eigenvalue weighted by Crippen LogP contribution is 2.24. The van der Waals surface area contributed by atoms with Gasteiger partial charge in [-0.05, 0) is 12.1 Å². The van der Waals surface area contributed by atoms with Crippen molar-refractivity contribution in [3.05, 3.63) is 30.3 Å². The first-order valence-corrected chi connectivity index (χ1v) is 9.43. The second-order valence-electron chi connectivity index (χ2n) is 7.21. The van der Waals surface area contributed by atoms with Crippen LogP contribution in [0.15, 0.2) is 30.3 Å². The van der Waals surface area contributed by atoms with Crippen LogP contribution >= 0.6 is 0 Å². The molecule has 1 aromatic rings. The number of para-hydroxylation sites is 1. The van der Waals surface area contributed by atoms with E-state index < -0.39 is 30.5 Å². The van der Waals surface area contributed by atoms with E-state index in [4.69, 9.17) is 0 Å². The fourth-order valence-electron chi connectivity index (χ4n) is 3.59. The molecular formula is C19H23F3N4O3. The molecule has 1 atom stereocenters. The van der Waals surface area contributed by atoms with Gasteiger partial charge in [-0.15, -0.1) is 0 Å². The van der Waals surface area contributed by atoms with E-state index in [1.54, 1.807) is 4.90 Å². The highest BCUT2D eigenvalue weighted by Gasteiger charge is 2.40. The first-order valence-electron chi connectivity index (χ1n) is 9.43. The number of likely N-dealkylation sites (tertiary alicyclic amines) is 1. The number of rotatable bonds is 5. The number of hydrogen-bond acceptors (Lipinski definition) is 4. The number of amides is 3. The summed E-state index contributed by atoms with van der Waals surface area (Å²) < 4.78 is 37.4. The monoisotopic (exact) mass is 412 g/mol. The van der Waals surface area contributed by atoms with Crippen LogP contribution in [0.2, 0.25) is 0 Å². The number of hydrogen-bond donors (Lipinski definition) is 1. The SMILES string of the molecule is O=C(NCC(=O)N1CCN(c2ccccc2)CC1)C1CC(=O)N(CC(F)(F)F)C1. The average Bonchev–Trinajstić information content (AvgIpc) is 3.05. The molecule has 0 saturated carbocycles. The van der Waals surface area contributed by atoms with Gasteiger partial charge in [0.25, 0.3) is 0 Å². The maximum Gasteiger partial charge on any atom is 0.406 e. The molecule has 2 aliphatic rings. The van der Waals surface area contributed by atoms with Crippen LogP contribution in [0.1, 0.15) is 6.42 Å². The first kappa shape index (κ1) is 20.9. The summed E-state index contributed by atoms with van der Waals surface area (Å²) in [7, 11) is 0. The lowest BCUT2D eigenvalue weighted by Gasteiger charge is -2.36. The summed E-state index contributed by atoms with van der Waals surface area (Å²) in [5.41, 5.74) is 1.09. The van der Waals surface area contributed by atoms with Crippen LogP contribution in [0.4, 0.5) is 18.9 Å². The molecule has 2 fully saturated rings. The standard InChI is InChI=1S/C19H23F3N4O3/c20-19(21,22)13-26-12-14(10-16(26)27)18(29)23-11-17(28)25-8-6-24(7-9-25)15-4-2-1-3-5-15/h1-5,14H,6-13H2,(H,23,29). The van der Waals surface area contributed by atoms with E-state index in [1.807, 2.05) is 30.3 Å². The fraction of sp³-hybridized carbons (Fsp3) is 0.526. The minimum atomic E-state index is -4.50. The Morgan fingerprint density at radius 1 is 1.07 bits per heavy atom. The smallest absolute Gasteiger partial charge is 0.368 e. The number of nitrogens with zero attached hydrogens (tertiary/aromatic N) is 3. The third-order valence-electron chi connectivity index (χ3n) is 5.12. The van der Waals surface area contributed by atoms with Gasteiger partial charge in [-0.25, -0.2) is 0 Å². The average molecular weight is 412 g/mol. The highest BCUT2D eigenvalue weighted by atomic mass is 19.4. The summed E-state index contributed by atoms with van der Waals surface area (Å²) in [5, 5.41) is 2.46. The molecule has 1 aromatic carbocycles. The van der Waals surface area contributed by atoms with Crippen LogP contribution in [-0.4, -0.2) is 79.5 Å². The van der Waals surface area contributed by atoms with Crippen LogP contribution in [-0.2, 0) is 14.4 Å². The number of benzene rings is 1. The zero-order chi connectivity index (χ0) is 21.0. The lowest BCUT2D eigenvalue weighted by Crippen LogP contribution is -2.51. The van der Waals surface area contributed by atoms with E-state index in [1.165, 1.54) is 0 Å². The van der Waals surface area contributed by atoms with E-state index in [-0.39, 0.29) is 25.4 Å². The number of halogens is 3. The first-order chi connectivity index (χ1) is 13.7. The van der Waals surface area contributed by atoms with E-state index in [0.29, 0.717) is 31.1 Å². The molecule has 2 heterocycles. The quantitative estimate of drug-likeness (QED) is 0.779. The number of carbonyl (C=O) groups excluding carboxylic acids is 3. The third kappa shape index (κ3) is 5.61. The van der Waals surface area contributed by atoms with Gasteiger partial charge in [0.05, 0.1) is 12.5 Å². The van der Waals surface area contributed by atoms with Crippen LogP contribution in [0.3, 0.4) is 0 Å². The van der Waals surface area contributed by atoms with Gasteiger partial charge in [-0.1, -0.05) is 18.2 Å². The lowest BCUT2D eigenvalue weighted by atomic mass is 10.1. The van der Waals surface area contributed by atoms with Crippen LogP contribution in [0.25, 0.3) is 0 Å². The van der Waals surface area contributed by atoms with Crippen molar-refractivity contribution in [3.63, 3.8) is 0 Å². The van der Waals surface area contributed by atoms with E-state index in [9.17, 15) is 27.6 Å². The van der Waals surface area contributed by atoms with Crippen LogP contribution in [0, 0.1) is 5.92 Å².